The third-order valence-corrected chi connectivity index (χ3v) is 2.96. The molecule has 0 heterocycles. The number of hydrogen-bond acceptors (Lipinski definition) is 3. The number of methoxy groups -OCH3 is 1. The quantitative estimate of drug-likeness (QED) is 0.848. The van der Waals surface area contributed by atoms with Crippen molar-refractivity contribution in [1.82, 2.24) is 0 Å². The highest BCUT2D eigenvalue weighted by Crippen LogP contribution is 2.27. The molecule has 0 fully saturated rings. The molecular formula is C16H16O4. The molecule has 0 saturated heterocycles. The zero-order valence-electron chi connectivity index (χ0n) is 11.4. The van der Waals surface area contributed by atoms with Crippen LogP contribution in [-0.2, 0) is 4.74 Å². The molecular weight excluding hydrogens is 256 g/mol. The van der Waals surface area contributed by atoms with Crippen LogP contribution in [0.5, 0.6) is 5.75 Å². The molecule has 4 nitrogen and oxygen atoms in total. The van der Waals surface area contributed by atoms with Gasteiger partial charge in [0.2, 0.25) is 0 Å². The first-order valence-corrected chi connectivity index (χ1v) is 6.18. The zero-order chi connectivity index (χ0) is 14.5. The van der Waals surface area contributed by atoms with Gasteiger partial charge in [-0.15, -0.1) is 0 Å². The Kier molecular flexibility index (Phi) is 4.38. The SMILES string of the molecule is COCOc1cccc(-c2ccc(C(=O)O)cc2C)c1. The van der Waals surface area contributed by atoms with Crippen LogP contribution in [0.4, 0.5) is 0 Å². The van der Waals surface area contributed by atoms with E-state index >= 15 is 0 Å². The number of aryl methyl sites for hydroxylation is 1. The first kappa shape index (κ1) is 14.1. The maximum atomic E-state index is 10.9. The van der Waals surface area contributed by atoms with Gasteiger partial charge in [-0.05, 0) is 47.9 Å². The van der Waals surface area contributed by atoms with Gasteiger partial charge >= 0.3 is 5.97 Å². The van der Waals surface area contributed by atoms with Crippen LogP contribution in [0.25, 0.3) is 11.1 Å². The fourth-order valence-corrected chi connectivity index (χ4v) is 2.00. The summed E-state index contributed by atoms with van der Waals surface area (Å²) >= 11 is 0. The van der Waals surface area contributed by atoms with E-state index in [0.717, 1.165) is 16.7 Å². The molecule has 104 valence electrons. The summed E-state index contributed by atoms with van der Waals surface area (Å²) in [5.41, 5.74) is 3.16. The van der Waals surface area contributed by atoms with Gasteiger partial charge in [-0.3, -0.25) is 0 Å². The monoisotopic (exact) mass is 272 g/mol. The van der Waals surface area contributed by atoms with Crippen molar-refractivity contribution in [3.05, 3.63) is 53.6 Å². The van der Waals surface area contributed by atoms with Gasteiger partial charge in [0.05, 0.1) is 5.56 Å². The first-order valence-electron chi connectivity index (χ1n) is 6.18. The van der Waals surface area contributed by atoms with E-state index in [9.17, 15) is 4.79 Å². The van der Waals surface area contributed by atoms with Crippen molar-refractivity contribution in [1.29, 1.82) is 0 Å². The van der Waals surface area contributed by atoms with Crippen molar-refractivity contribution in [2.24, 2.45) is 0 Å². The van der Waals surface area contributed by atoms with Gasteiger partial charge in [0.15, 0.2) is 6.79 Å². The second-order valence-corrected chi connectivity index (χ2v) is 4.41. The number of rotatable bonds is 5. The topological polar surface area (TPSA) is 55.8 Å². The maximum absolute atomic E-state index is 10.9. The highest BCUT2D eigenvalue weighted by atomic mass is 16.7. The number of aromatic carboxylic acids is 1. The van der Waals surface area contributed by atoms with Gasteiger partial charge in [-0.25, -0.2) is 4.79 Å². The van der Waals surface area contributed by atoms with Crippen LogP contribution < -0.4 is 4.74 Å². The van der Waals surface area contributed by atoms with E-state index in [1.807, 2.05) is 37.3 Å². The Morgan fingerprint density at radius 1 is 1.20 bits per heavy atom. The molecule has 0 aliphatic carbocycles. The molecule has 0 saturated carbocycles. The van der Waals surface area contributed by atoms with Crippen LogP contribution >= 0.6 is 0 Å². The van der Waals surface area contributed by atoms with Crippen molar-refractivity contribution in [2.45, 2.75) is 6.92 Å². The minimum Gasteiger partial charge on any atom is -0.478 e. The van der Waals surface area contributed by atoms with E-state index in [2.05, 4.69) is 0 Å². The Balaban J connectivity index is 2.33. The van der Waals surface area contributed by atoms with Crippen LogP contribution in [0.2, 0.25) is 0 Å². The zero-order valence-corrected chi connectivity index (χ0v) is 11.4. The van der Waals surface area contributed by atoms with Crippen molar-refractivity contribution in [3.8, 4) is 16.9 Å². The highest BCUT2D eigenvalue weighted by Gasteiger charge is 2.08. The molecule has 2 aromatic rings. The summed E-state index contributed by atoms with van der Waals surface area (Å²) in [5.74, 6) is -0.206. The molecule has 0 amide bonds. The molecule has 0 radical (unpaired) electrons. The molecule has 0 spiro atoms. The minimum absolute atomic E-state index is 0.195. The summed E-state index contributed by atoms with van der Waals surface area (Å²) in [6.07, 6.45) is 0. The van der Waals surface area contributed by atoms with E-state index in [1.165, 1.54) is 0 Å². The van der Waals surface area contributed by atoms with Crippen molar-refractivity contribution in [2.75, 3.05) is 13.9 Å². The number of carboxylic acid groups (broad SMARTS) is 1. The molecule has 0 unspecified atom stereocenters. The van der Waals surface area contributed by atoms with Gasteiger partial charge < -0.3 is 14.6 Å². The normalized spacial score (nSPS) is 10.3. The summed E-state index contributed by atoms with van der Waals surface area (Å²) in [4.78, 5) is 10.9. The van der Waals surface area contributed by atoms with E-state index < -0.39 is 5.97 Å². The predicted octanol–water partition coefficient (Wildman–Crippen LogP) is 3.34. The number of carboxylic acids is 1. The van der Waals surface area contributed by atoms with Crippen molar-refractivity contribution in [3.63, 3.8) is 0 Å². The Bertz CT molecular complexity index is 620. The summed E-state index contributed by atoms with van der Waals surface area (Å²) in [5, 5.41) is 8.98. The van der Waals surface area contributed by atoms with Crippen LogP contribution in [-0.4, -0.2) is 25.0 Å². The Morgan fingerprint density at radius 3 is 2.65 bits per heavy atom. The van der Waals surface area contributed by atoms with Crippen LogP contribution in [0, 0.1) is 6.92 Å². The Morgan fingerprint density at radius 2 is 2.00 bits per heavy atom. The number of ether oxygens (including phenoxy) is 2. The van der Waals surface area contributed by atoms with E-state index in [-0.39, 0.29) is 12.4 Å². The standard InChI is InChI=1S/C16H16O4/c1-11-8-13(16(17)18)6-7-15(11)12-4-3-5-14(9-12)20-10-19-2/h3-9H,10H2,1-2H3,(H,17,18). The third kappa shape index (κ3) is 3.16. The molecule has 4 heteroatoms. The lowest BCUT2D eigenvalue weighted by atomic mass is 9.98. The smallest absolute Gasteiger partial charge is 0.335 e. The summed E-state index contributed by atoms with van der Waals surface area (Å²) in [6.45, 7) is 2.09. The Labute approximate surface area is 117 Å². The summed E-state index contributed by atoms with van der Waals surface area (Å²) in [7, 11) is 1.57. The van der Waals surface area contributed by atoms with E-state index in [1.54, 1.807) is 19.2 Å². The van der Waals surface area contributed by atoms with Gasteiger partial charge in [0, 0.05) is 7.11 Å². The fraction of sp³-hybridized carbons (Fsp3) is 0.188. The van der Waals surface area contributed by atoms with Crippen LogP contribution in [0.1, 0.15) is 15.9 Å². The van der Waals surface area contributed by atoms with E-state index in [4.69, 9.17) is 14.6 Å². The lowest BCUT2D eigenvalue weighted by Gasteiger charge is -2.10. The van der Waals surface area contributed by atoms with Gasteiger partial charge in [0.1, 0.15) is 5.75 Å². The minimum atomic E-state index is -0.920. The molecule has 20 heavy (non-hydrogen) atoms. The maximum Gasteiger partial charge on any atom is 0.335 e. The second-order valence-electron chi connectivity index (χ2n) is 4.41. The summed E-state index contributed by atoms with van der Waals surface area (Å²) < 4.78 is 10.3. The lowest BCUT2D eigenvalue weighted by molar-refractivity contribution is 0.0511. The number of benzene rings is 2. The summed E-state index contributed by atoms with van der Waals surface area (Å²) in [6, 6.07) is 12.7. The van der Waals surface area contributed by atoms with Crippen LogP contribution in [0.3, 0.4) is 0 Å². The molecule has 0 bridgehead atoms. The number of hydrogen-bond donors (Lipinski definition) is 1. The van der Waals surface area contributed by atoms with Crippen LogP contribution in [0.15, 0.2) is 42.5 Å². The largest absolute Gasteiger partial charge is 0.478 e. The van der Waals surface area contributed by atoms with Gasteiger partial charge in [-0.2, -0.15) is 0 Å². The highest BCUT2D eigenvalue weighted by molar-refractivity contribution is 5.89. The Hall–Kier alpha value is -2.33. The third-order valence-electron chi connectivity index (χ3n) is 2.96. The molecule has 0 aromatic heterocycles. The molecule has 0 aliphatic heterocycles. The predicted molar refractivity (Wildman–Crippen MR) is 76.1 cm³/mol. The van der Waals surface area contributed by atoms with E-state index in [0.29, 0.717) is 5.75 Å². The van der Waals surface area contributed by atoms with Gasteiger partial charge in [-0.1, -0.05) is 18.2 Å². The average Bonchev–Trinajstić information content (AvgIpc) is 2.45. The number of carbonyl (C=O) groups is 1. The van der Waals surface area contributed by atoms with Crippen molar-refractivity contribution < 1.29 is 19.4 Å². The molecule has 2 aromatic carbocycles. The fourth-order valence-electron chi connectivity index (χ4n) is 2.00. The molecule has 0 atom stereocenters. The first-order chi connectivity index (χ1) is 9.61. The molecule has 0 aliphatic rings. The lowest BCUT2D eigenvalue weighted by Crippen LogP contribution is -1.99. The average molecular weight is 272 g/mol. The van der Waals surface area contributed by atoms with Crippen molar-refractivity contribution >= 4 is 5.97 Å². The second kappa shape index (κ2) is 6.21. The van der Waals surface area contributed by atoms with Gasteiger partial charge in [0.25, 0.3) is 0 Å². The molecule has 1 N–H and O–H groups in total. The molecule has 2 rings (SSSR count).